The molecule has 2 aromatic carbocycles. The maximum absolute atomic E-state index is 6.07. The van der Waals surface area contributed by atoms with Gasteiger partial charge in [-0.1, -0.05) is 43.3 Å². The number of ether oxygens (including phenoxy) is 2. The molecule has 0 aromatic heterocycles. The van der Waals surface area contributed by atoms with Crippen LogP contribution in [0.15, 0.2) is 48.5 Å². The van der Waals surface area contributed by atoms with E-state index in [2.05, 4.69) is 43.3 Å². The van der Waals surface area contributed by atoms with Crippen LogP contribution in [-0.2, 0) is 11.8 Å². The van der Waals surface area contributed by atoms with Crippen LogP contribution < -0.4 is 15.2 Å². The van der Waals surface area contributed by atoms with E-state index >= 15 is 0 Å². The quantitative estimate of drug-likeness (QED) is 0.938. The highest BCUT2D eigenvalue weighted by molar-refractivity contribution is 5.44. The fourth-order valence-electron chi connectivity index (χ4n) is 2.78. The fourth-order valence-corrected chi connectivity index (χ4v) is 2.78. The van der Waals surface area contributed by atoms with Gasteiger partial charge in [-0.3, -0.25) is 0 Å². The van der Waals surface area contributed by atoms with E-state index < -0.39 is 0 Å². The van der Waals surface area contributed by atoms with Crippen molar-refractivity contribution >= 4 is 0 Å². The van der Waals surface area contributed by atoms with E-state index in [-0.39, 0.29) is 5.41 Å². The minimum atomic E-state index is -0.0784. The highest BCUT2D eigenvalue weighted by Crippen LogP contribution is 2.34. The summed E-state index contributed by atoms with van der Waals surface area (Å²) in [4.78, 5) is 0. The molecule has 2 aromatic rings. The first-order valence-corrected chi connectivity index (χ1v) is 7.35. The molecule has 1 aliphatic rings. The second-order valence-electron chi connectivity index (χ2n) is 5.79. The van der Waals surface area contributed by atoms with Crippen LogP contribution in [0.4, 0.5) is 0 Å². The van der Waals surface area contributed by atoms with Crippen LogP contribution in [0.3, 0.4) is 0 Å². The predicted octanol–water partition coefficient (Wildman–Crippen LogP) is 2.92. The normalized spacial score (nSPS) is 16.3. The van der Waals surface area contributed by atoms with Gasteiger partial charge in [0.25, 0.3) is 0 Å². The zero-order valence-electron chi connectivity index (χ0n) is 12.3. The van der Waals surface area contributed by atoms with Gasteiger partial charge in [-0.05, 0) is 29.7 Å². The van der Waals surface area contributed by atoms with Gasteiger partial charge in [0.05, 0.1) is 0 Å². The Hall–Kier alpha value is -2.00. The number of benzene rings is 2. The highest BCUT2D eigenvalue weighted by atomic mass is 16.6. The number of fused-ring (bicyclic) bond motifs is 1. The molecule has 1 atom stereocenters. The van der Waals surface area contributed by atoms with Gasteiger partial charge in [0, 0.05) is 12.0 Å². The van der Waals surface area contributed by atoms with Crippen molar-refractivity contribution in [2.24, 2.45) is 5.73 Å². The first kappa shape index (κ1) is 14.0. The summed E-state index contributed by atoms with van der Waals surface area (Å²) in [5, 5.41) is 0. The van der Waals surface area contributed by atoms with E-state index in [1.54, 1.807) is 0 Å². The van der Waals surface area contributed by atoms with Crippen molar-refractivity contribution in [3.63, 3.8) is 0 Å². The standard InChI is InChI=1S/C18H21NO2/c1-18(13-19,15-5-3-2-4-6-15)12-14-7-8-16-17(11-14)21-10-9-20-16/h2-8,11H,9-10,12-13,19H2,1H3. The molecular weight excluding hydrogens is 262 g/mol. The van der Waals surface area contributed by atoms with Crippen molar-refractivity contribution in [3.8, 4) is 11.5 Å². The Labute approximate surface area is 125 Å². The number of hydrogen-bond donors (Lipinski definition) is 1. The number of nitrogens with two attached hydrogens (primary N) is 1. The van der Waals surface area contributed by atoms with Crippen LogP contribution in [0.5, 0.6) is 11.5 Å². The van der Waals surface area contributed by atoms with Crippen LogP contribution in [0.25, 0.3) is 0 Å². The molecule has 0 fully saturated rings. The summed E-state index contributed by atoms with van der Waals surface area (Å²) >= 11 is 0. The third-order valence-electron chi connectivity index (χ3n) is 4.12. The number of hydrogen-bond acceptors (Lipinski definition) is 3. The molecule has 110 valence electrons. The first-order valence-electron chi connectivity index (χ1n) is 7.35. The van der Waals surface area contributed by atoms with Gasteiger partial charge in [-0.2, -0.15) is 0 Å². The summed E-state index contributed by atoms with van der Waals surface area (Å²) in [5.74, 6) is 1.67. The van der Waals surface area contributed by atoms with Crippen molar-refractivity contribution in [1.29, 1.82) is 0 Å². The summed E-state index contributed by atoms with van der Waals surface area (Å²) in [6, 6.07) is 16.6. The van der Waals surface area contributed by atoms with Crippen LogP contribution in [0, 0.1) is 0 Å². The summed E-state index contributed by atoms with van der Waals surface area (Å²) in [7, 11) is 0. The fraction of sp³-hybridized carbons (Fsp3) is 0.333. The van der Waals surface area contributed by atoms with E-state index in [0.717, 1.165) is 17.9 Å². The molecular formula is C18H21NO2. The summed E-state index contributed by atoms with van der Waals surface area (Å²) in [6.07, 6.45) is 0.879. The summed E-state index contributed by atoms with van der Waals surface area (Å²) in [5.41, 5.74) is 8.48. The van der Waals surface area contributed by atoms with Gasteiger partial charge in [-0.15, -0.1) is 0 Å². The zero-order valence-corrected chi connectivity index (χ0v) is 12.3. The molecule has 3 rings (SSSR count). The van der Waals surface area contributed by atoms with E-state index in [1.165, 1.54) is 11.1 Å². The average molecular weight is 283 g/mol. The SMILES string of the molecule is CC(CN)(Cc1ccc2c(c1)OCCO2)c1ccccc1. The van der Waals surface area contributed by atoms with Gasteiger partial charge >= 0.3 is 0 Å². The van der Waals surface area contributed by atoms with Gasteiger partial charge in [0.2, 0.25) is 0 Å². The molecule has 1 unspecified atom stereocenters. The molecule has 3 nitrogen and oxygen atoms in total. The van der Waals surface area contributed by atoms with E-state index in [4.69, 9.17) is 15.2 Å². The first-order chi connectivity index (χ1) is 10.2. The highest BCUT2D eigenvalue weighted by Gasteiger charge is 2.26. The van der Waals surface area contributed by atoms with Crippen molar-refractivity contribution in [3.05, 3.63) is 59.7 Å². The maximum atomic E-state index is 6.07. The molecule has 1 heterocycles. The molecule has 0 aliphatic carbocycles. The molecule has 0 saturated heterocycles. The Kier molecular flexibility index (Phi) is 3.84. The lowest BCUT2D eigenvalue weighted by atomic mass is 9.77. The molecule has 0 saturated carbocycles. The van der Waals surface area contributed by atoms with Gasteiger partial charge in [0.15, 0.2) is 11.5 Å². The maximum Gasteiger partial charge on any atom is 0.161 e. The second-order valence-corrected chi connectivity index (χ2v) is 5.79. The summed E-state index contributed by atoms with van der Waals surface area (Å²) < 4.78 is 11.2. The van der Waals surface area contributed by atoms with Crippen molar-refractivity contribution in [2.75, 3.05) is 19.8 Å². The minimum Gasteiger partial charge on any atom is -0.486 e. The topological polar surface area (TPSA) is 44.5 Å². The van der Waals surface area contributed by atoms with E-state index in [0.29, 0.717) is 19.8 Å². The van der Waals surface area contributed by atoms with Crippen LogP contribution >= 0.6 is 0 Å². The summed E-state index contributed by atoms with van der Waals surface area (Å²) in [6.45, 7) is 4.05. The Morgan fingerprint density at radius 2 is 1.71 bits per heavy atom. The van der Waals surface area contributed by atoms with E-state index in [1.807, 2.05) is 12.1 Å². The lowest BCUT2D eigenvalue weighted by molar-refractivity contribution is 0.171. The zero-order chi connectivity index (χ0) is 14.7. The third kappa shape index (κ3) is 2.88. The average Bonchev–Trinajstić information content (AvgIpc) is 2.55. The molecule has 0 spiro atoms. The smallest absolute Gasteiger partial charge is 0.161 e. The van der Waals surface area contributed by atoms with Crippen LogP contribution in [-0.4, -0.2) is 19.8 Å². The lowest BCUT2D eigenvalue weighted by Crippen LogP contribution is -2.34. The molecule has 3 heteroatoms. The molecule has 0 bridgehead atoms. The molecule has 0 amide bonds. The molecule has 1 aliphatic heterocycles. The molecule has 0 radical (unpaired) electrons. The largest absolute Gasteiger partial charge is 0.486 e. The monoisotopic (exact) mass is 283 g/mol. The predicted molar refractivity (Wildman–Crippen MR) is 84.0 cm³/mol. The van der Waals surface area contributed by atoms with Crippen molar-refractivity contribution < 1.29 is 9.47 Å². The minimum absolute atomic E-state index is 0.0784. The van der Waals surface area contributed by atoms with E-state index in [9.17, 15) is 0 Å². The Balaban J connectivity index is 1.87. The van der Waals surface area contributed by atoms with Gasteiger partial charge in [-0.25, -0.2) is 0 Å². The Morgan fingerprint density at radius 3 is 2.43 bits per heavy atom. The van der Waals surface area contributed by atoms with Crippen molar-refractivity contribution in [2.45, 2.75) is 18.8 Å². The van der Waals surface area contributed by atoms with Crippen LogP contribution in [0.2, 0.25) is 0 Å². The molecule has 21 heavy (non-hydrogen) atoms. The van der Waals surface area contributed by atoms with Crippen LogP contribution in [0.1, 0.15) is 18.1 Å². The third-order valence-corrected chi connectivity index (χ3v) is 4.12. The number of rotatable bonds is 4. The van der Waals surface area contributed by atoms with Gasteiger partial charge < -0.3 is 15.2 Å². The second kappa shape index (κ2) is 5.78. The van der Waals surface area contributed by atoms with Gasteiger partial charge in [0.1, 0.15) is 13.2 Å². The Morgan fingerprint density at radius 1 is 1.00 bits per heavy atom. The molecule has 2 N–H and O–H groups in total. The van der Waals surface area contributed by atoms with Crippen molar-refractivity contribution in [1.82, 2.24) is 0 Å². The lowest BCUT2D eigenvalue weighted by Gasteiger charge is -2.29. The Bertz CT molecular complexity index is 612.